The lowest BCUT2D eigenvalue weighted by atomic mass is 9.65. The highest BCUT2D eigenvalue weighted by Crippen LogP contribution is 2.57. The molecule has 1 fully saturated rings. The van der Waals surface area contributed by atoms with Crippen LogP contribution in [0, 0.1) is 0 Å². The smallest absolute Gasteiger partial charge is 0.223 e. The van der Waals surface area contributed by atoms with Gasteiger partial charge in [-0.1, -0.05) is 6.07 Å². The van der Waals surface area contributed by atoms with Gasteiger partial charge in [-0.25, -0.2) is 0 Å². The van der Waals surface area contributed by atoms with Crippen molar-refractivity contribution in [1.29, 1.82) is 0 Å². The van der Waals surface area contributed by atoms with E-state index in [1.807, 2.05) is 19.2 Å². The van der Waals surface area contributed by atoms with Crippen molar-refractivity contribution in [3.63, 3.8) is 0 Å². The van der Waals surface area contributed by atoms with E-state index in [4.69, 9.17) is 9.47 Å². The topological polar surface area (TPSA) is 55.8 Å². The fraction of sp³-hybridized carbons (Fsp3) is 0.529. The van der Waals surface area contributed by atoms with Crippen molar-refractivity contribution in [2.45, 2.75) is 43.7 Å². The van der Waals surface area contributed by atoms with E-state index < -0.39 is 0 Å². The summed E-state index contributed by atoms with van der Waals surface area (Å²) < 4.78 is 11.6. The number of hydrogen-bond donors (Lipinski definition) is 0. The van der Waals surface area contributed by atoms with Crippen LogP contribution in [0.25, 0.3) is 0 Å². The molecule has 1 spiro atoms. The lowest BCUT2D eigenvalue weighted by molar-refractivity contribution is -0.134. The molecule has 2 atom stereocenters. The van der Waals surface area contributed by atoms with Gasteiger partial charge in [-0.15, -0.1) is 0 Å². The molecule has 5 heteroatoms. The number of methoxy groups -OCH3 is 1. The number of nitrogens with zero attached hydrogens (tertiary/aromatic N) is 1. The number of carbonyl (C=O) groups is 2. The summed E-state index contributed by atoms with van der Waals surface area (Å²) >= 11 is 0. The monoisotopic (exact) mass is 301 g/mol. The highest BCUT2D eigenvalue weighted by molar-refractivity contribution is 5.85. The van der Waals surface area contributed by atoms with Gasteiger partial charge in [0.1, 0.15) is 11.9 Å². The van der Waals surface area contributed by atoms with Crippen LogP contribution < -0.4 is 9.47 Å². The van der Waals surface area contributed by atoms with Gasteiger partial charge >= 0.3 is 0 Å². The summed E-state index contributed by atoms with van der Waals surface area (Å²) in [6.45, 7) is 0.580. The van der Waals surface area contributed by atoms with Gasteiger partial charge < -0.3 is 14.4 Å². The predicted molar refractivity (Wildman–Crippen MR) is 79.0 cm³/mol. The Morgan fingerprint density at radius 3 is 2.95 bits per heavy atom. The molecule has 116 valence electrons. The van der Waals surface area contributed by atoms with E-state index in [0.717, 1.165) is 16.9 Å². The van der Waals surface area contributed by atoms with Gasteiger partial charge in [0, 0.05) is 43.8 Å². The molecule has 1 amide bonds. The predicted octanol–water partition coefficient (Wildman–Crippen LogP) is 1.81. The van der Waals surface area contributed by atoms with Gasteiger partial charge in [-0.3, -0.25) is 9.59 Å². The summed E-state index contributed by atoms with van der Waals surface area (Å²) in [5.41, 5.74) is 1.85. The van der Waals surface area contributed by atoms with Crippen LogP contribution in [-0.4, -0.2) is 36.9 Å². The maximum absolute atomic E-state index is 12.5. The summed E-state index contributed by atoms with van der Waals surface area (Å²) in [6, 6.07) is 3.92. The average Bonchev–Trinajstić information content (AvgIpc) is 2.76. The molecule has 2 aliphatic heterocycles. The summed E-state index contributed by atoms with van der Waals surface area (Å²) in [4.78, 5) is 26.2. The second-order valence-corrected chi connectivity index (χ2v) is 6.56. The van der Waals surface area contributed by atoms with Crippen molar-refractivity contribution in [1.82, 2.24) is 4.90 Å². The average molecular weight is 301 g/mol. The third-order valence-corrected chi connectivity index (χ3v) is 5.37. The Kier molecular flexibility index (Phi) is 2.77. The summed E-state index contributed by atoms with van der Waals surface area (Å²) in [6.07, 6.45) is 1.76. The number of amides is 1. The quantitative estimate of drug-likeness (QED) is 0.794. The Hall–Kier alpha value is -2.04. The molecule has 0 aromatic heterocycles. The second kappa shape index (κ2) is 4.48. The molecule has 0 unspecified atom stereocenters. The van der Waals surface area contributed by atoms with E-state index in [-0.39, 0.29) is 23.2 Å². The number of ether oxygens (including phenoxy) is 2. The van der Waals surface area contributed by atoms with E-state index >= 15 is 0 Å². The van der Waals surface area contributed by atoms with Gasteiger partial charge in [0.15, 0.2) is 11.5 Å². The molecule has 5 nitrogen and oxygen atoms in total. The molecule has 3 aliphatic rings. The van der Waals surface area contributed by atoms with Crippen molar-refractivity contribution in [2.75, 3.05) is 14.2 Å². The molecular weight excluding hydrogens is 282 g/mol. The van der Waals surface area contributed by atoms with Crippen molar-refractivity contribution < 1.29 is 19.1 Å². The molecular formula is C17H19NO4. The minimum absolute atomic E-state index is 0.117. The molecule has 4 rings (SSSR count). The fourth-order valence-corrected chi connectivity index (χ4v) is 4.21. The normalized spacial score (nSPS) is 29.5. The molecule has 0 N–H and O–H groups in total. The zero-order valence-electron chi connectivity index (χ0n) is 12.8. The Labute approximate surface area is 129 Å². The van der Waals surface area contributed by atoms with Gasteiger partial charge in [0.05, 0.1) is 7.11 Å². The Morgan fingerprint density at radius 2 is 2.18 bits per heavy atom. The zero-order chi connectivity index (χ0) is 15.5. The SMILES string of the molecule is COc1ccc2c3c1O[C@H]1CC(=O)CC[C@@]31CC(=O)N(C)C2. The Balaban J connectivity index is 1.95. The van der Waals surface area contributed by atoms with Crippen LogP contribution in [0.3, 0.4) is 0 Å². The van der Waals surface area contributed by atoms with Gasteiger partial charge in [-0.2, -0.15) is 0 Å². The number of benzene rings is 1. The summed E-state index contributed by atoms with van der Waals surface area (Å²) in [5.74, 6) is 1.76. The Bertz CT molecular complexity index is 683. The van der Waals surface area contributed by atoms with Crippen molar-refractivity contribution in [3.8, 4) is 11.5 Å². The van der Waals surface area contributed by atoms with Crippen molar-refractivity contribution >= 4 is 11.7 Å². The zero-order valence-corrected chi connectivity index (χ0v) is 12.8. The summed E-state index contributed by atoms with van der Waals surface area (Å²) in [5, 5.41) is 0. The molecule has 1 aromatic rings. The van der Waals surface area contributed by atoms with Crippen LogP contribution in [0.5, 0.6) is 11.5 Å². The van der Waals surface area contributed by atoms with Crippen LogP contribution in [0.1, 0.15) is 36.8 Å². The number of carbonyl (C=O) groups excluding carboxylic acids is 2. The van der Waals surface area contributed by atoms with Crippen molar-refractivity contribution in [2.24, 2.45) is 0 Å². The largest absolute Gasteiger partial charge is 0.493 e. The second-order valence-electron chi connectivity index (χ2n) is 6.56. The van der Waals surface area contributed by atoms with Gasteiger partial charge in [0.25, 0.3) is 0 Å². The molecule has 1 saturated carbocycles. The number of ketones is 1. The van der Waals surface area contributed by atoms with Crippen LogP contribution >= 0.6 is 0 Å². The first-order valence-electron chi connectivity index (χ1n) is 7.68. The Morgan fingerprint density at radius 1 is 1.36 bits per heavy atom. The number of Topliss-reactive ketones (excluding diaryl/α,β-unsaturated/α-hetero) is 1. The first-order chi connectivity index (χ1) is 10.5. The fourth-order valence-electron chi connectivity index (χ4n) is 4.21. The van der Waals surface area contributed by atoms with E-state index in [9.17, 15) is 9.59 Å². The first kappa shape index (κ1) is 13.6. The van der Waals surface area contributed by atoms with E-state index in [1.54, 1.807) is 12.0 Å². The molecule has 0 saturated heterocycles. The molecule has 1 aromatic carbocycles. The lowest BCUT2D eigenvalue weighted by Gasteiger charge is -2.36. The number of rotatable bonds is 1. The highest BCUT2D eigenvalue weighted by Gasteiger charge is 2.56. The maximum atomic E-state index is 12.5. The third-order valence-electron chi connectivity index (χ3n) is 5.37. The highest BCUT2D eigenvalue weighted by atomic mass is 16.5. The third kappa shape index (κ3) is 1.65. The molecule has 1 aliphatic carbocycles. The van der Waals surface area contributed by atoms with Crippen molar-refractivity contribution in [3.05, 3.63) is 23.3 Å². The molecule has 22 heavy (non-hydrogen) atoms. The standard InChI is InChI=1S/C17H19NO4/c1-18-9-10-3-4-12(21-2)16-15(10)17(8-14(18)20)6-5-11(19)7-13(17)22-16/h3-4,13H,5-9H2,1-2H3/t13-,17-/m0/s1. The van der Waals surface area contributed by atoms with Crippen LogP contribution in [0.2, 0.25) is 0 Å². The van der Waals surface area contributed by atoms with Gasteiger partial charge in [0.2, 0.25) is 5.91 Å². The summed E-state index contributed by atoms with van der Waals surface area (Å²) in [7, 11) is 3.45. The minimum Gasteiger partial charge on any atom is -0.493 e. The molecule has 0 radical (unpaired) electrons. The van der Waals surface area contributed by atoms with E-state index in [2.05, 4.69) is 0 Å². The van der Waals surface area contributed by atoms with E-state index in [0.29, 0.717) is 38.0 Å². The van der Waals surface area contributed by atoms with E-state index in [1.165, 1.54) is 0 Å². The van der Waals surface area contributed by atoms with Crippen LogP contribution in [0.15, 0.2) is 12.1 Å². The maximum Gasteiger partial charge on any atom is 0.223 e. The number of hydrogen-bond acceptors (Lipinski definition) is 4. The van der Waals surface area contributed by atoms with Gasteiger partial charge in [-0.05, 0) is 18.1 Å². The molecule has 2 heterocycles. The molecule has 0 bridgehead atoms. The first-order valence-corrected chi connectivity index (χ1v) is 7.68. The lowest BCUT2D eigenvalue weighted by Crippen LogP contribution is -2.45. The van der Waals surface area contributed by atoms with Crippen LogP contribution in [-0.2, 0) is 21.5 Å². The minimum atomic E-state index is -0.366. The van der Waals surface area contributed by atoms with Crippen LogP contribution in [0.4, 0.5) is 0 Å².